The van der Waals surface area contributed by atoms with Gasteiger partial charge in [-0.1, -0.05) is 0 Å². The van der Waals surface area contributed by atoms with Gasteiger partial charge in [-0.3, -0.25) is 4.90 Å². The minimum absolute atomic E-state index is 0.148. The SMILES string of the molecule is CN(C)C(=O)N1CCC2(CC[C@H]2N(C)Cc2ccco2)CC1. The average molecular weight is 305 g/mol. The maximum atomic E-state index is 12.1. The van der Waals surface area contributed by atoms with Crippen LogP contribution in [0, 0.1) is 5.41 Å². The number of amides is 2. The van der Waals surface area contributed by atoms with Gasteiger partial charge in [0.05, 0.1) is 12.8 Å². The molecular weight excluding hydrogens is 278 g/mol. The normalized spacial score (nSPS) is 23.6. The van der Waals surface area contributed by atoms with Gasteiger partial charge in [0.2, 0.25) is 0 Å². The molecular formula is C17H27N3O2. The summed E-state index contributed by atoms with van der Waals surface area (Å²) in [6.07, 6.45) is 6.55. The fourth-order valence-electron chi connectivity index (χ4n) is 4.14. The zero-order chi connectivity index (χ0) is 15.7. The first-order valence-electron chi connectivity index (χ1n) is 8.21. The van der Waals surface area contributed by atoms with Crippen LogP contribution in [0.5, 0.6) is 0 Å². The molecule has 1 saturated carbocycles. The van der Waals surface area contributed by atoms with Gasteiger partial charge in [-0.25, -0.2) is 4.79 Å². The molecule has 0 radical (unpaired) electrons. The zero-order valence-corrected chi connectivity index (χ0v) is 13.9. The van der Waals surface area contributed by atoms with Crippen LogP contribution in [0.1, 0.15) is 31.4 Å². The average Bonchev–Trinajstić information content (AvgIpc) is 2.98. The zero-order valence-electron chi connectivity index (χ0n) is 13.9. The van der Waals surface area contributed by atoms with E-state index in [0.29, 0.717) is 11.5 Å². The van der Waals surface area contributed by atoms with Gasteiger partial charge in [0.25, 0.3) is 0 Å². The van der Waals surface area contributed by atoms with E-state index in [1.54, 1.807) is 11.2 Å². The van der Waals surface area contributed by atoms with Crippen LogP contribution in [0.2, 0.25) is 0 Å². The molecule has 0 bridgehead atoms. The van der Waals surface area contributed by atoms with Crippen molar-refractivity contribution in [1.29, 1.82) is 0 Å². The van der Waals surface area contributed by atoms with Crippen molar-refractivity contribution in [2.45, 2.75) is 38.3 Å². The van der Waals surface area contributed by atoms with Gasteiger partial charge in [0.1, 0.15) is 5.76 Å². The minimum Gasteiger partial charge on any atom is -0.468 e. The summed E-state index contributed by atoms with van der Waals surface area (Å²) in [4.78, 5) is 18.2. The standard InChI is InChI=1S/C17H27N3O2/c1-18(2)16(21)20-10-8-17(9-11-20)7-6-15(17)19(3)13-14-5-4-12-22-14/h4-5,12,15H,6-11,13H2,1-3H3/t15-/m1/s1. The lowest BCUT2D eigenvalue weighted by Gasteiger charge is -2.57. The molecule has 1 aliphatic carbocycles. The van der Waals surface area contributed by atoms with Crippen molar-refractivity contribution in [3.63, 3.8) is 0 Å². The summed E-state index contributed by atoms with van der Waals surface area (Å²) in [6.45, 7) is 2.66. The molecule has 22 heavy (non-hydrogen) atoms. The van der Waals surface area contributed by atoms with Crippen molar-refractivity contribution in [1.82, 2.24) is 14.7 Å². The molecule has 1 aromatic heterocycles. The molecule has 0 aromatic carbocycles. The molecule has 1 spiro atoms. The topological polar surface area (TPSA) is 39.9 Å². The lowest BCUT2D eigenvalue weighted by Crippen LogP contribution is -2.59. The van der Waals surface area contributed by atoms with Gasteiger partial charge in [-0.15, -0.1) is 0 Å². The third-order valence-electron chi connectivity index (χ3n) is 5.55. The maximum Gasteiger partial charge on any atom is 0.319 e. The van der Waals surface area contributed by atoms with Crippen LogP contribution in [0.15, 0.2) is 22.8 Å². The second-order valence-electron chi connectivity index (χ2n) is 7.08. The van der Waals surface area contributed by atoms with E-state index >= 15 is 0 Å². The van der Waals surface area contributed by atoms with Gasteiger partial charge in [-0.05, 0) is 50.3 Å². The highest BCUT2D eigenvalue weighted by Crippen LogP contribution is 2.51. The van der Waals surface area contributed by atoms with E-state index in [4.69, 9.17) is 4.42 Å². The number of carbonyl (C=O) groups excluding carboxylic acids is 1. The Hall–Kier alpha value is -1.49. The fourth-order valence-corrected chi connectivity index (χ4v) is 4.14. The number of piperidine rings is 1. The molecule has 1 atom stereocenters. The Kier molecular flexibility index (Phi) is 4.17. The Morgan fingerprint density at radius 2 is 2.05 bits per heavy atom. The number of hydrogen-bond acceptors (Lipinski definition) is 3. The minimum atomic E-state index is 0.148. The van der Waals surface area contributed by atoms with Gasteiger partial charge in [-0.2, -0.15) is 0 Å². The van der Waals surface area contributed by atoms with E-state index in [9.17, 15) is 4.79 Å². The van der Waals surface area contributed by atoms with Crippen LogP contribution >= 0.6 is 0 Å². The van der Waals surface area contributed by atoms with Crippen molar-refractivity contribution < 1.29 is 9.21 Å². The molecule has 2 fully saturated rings. The summed E-state index contributed by atoms with van der Waals surface area (Å²) >= 11 is 0. The van der Waals surface area contributed by atoms with E-state index in [-0.39, 0.29) is 6.03 Å². The highest BCUT2D eigenvalue weighted by Gasteiger charge is 2.50. The van der Waals surface area contributed by atoms with Crippen molar-refractivity contribution in [3.05, 3.63) is 24.2 Å². The van der Waals surface area contributed by atoms with Crippen molar-refractivity contribution in [2.75, 3.05) is 34.2 Å². The van der Waals surface area contributed by atoms with E-state index < -0.39 is 0 Å². The second kappa shape index (κ2) is 5.95. The van der Waals surface area contributed by atoms with E-state index in [1.165, 1.54) is 12.8 Å². The number of nitrogens with zero attached hydrogens (tertiary/aromatic N) is 3. The van der Waals surface area contributed by atoms with Crippen LogP contribution in [-0.2, 0) is 6.54 Å². The number of urea groups is 1. The highest BCUT2D eigenvalue weighted by molar-refractivity contribution is 5.73. The molecule has 2 heterocycles. The molecule has 2 aliphatic rings. The third kappa shape index (κ3) is 2.74. The van der Waals surface area contributed by atoms with E-state index in [1.807, 2.05) is 31.1 Å². The largest absolute Gasteiger partial charge is 0.468 e. The molecule has 0 N–H and O–H groups in total. The lowest BCUT2D eigenvalue weighted by atomic mass is 9.59. The quantitative estimate of drug-likeness (QED) is 0.862. The number of hydrogen-bond donors (Lipinski definition) is 0. The second-order valence-corrected chi connectivity index (χ2v) is 7.08. The first-order valence-corrected chi connectivity index (χ1v) is 8.21. The summed E-state index contributed by atoms with van der Waals surface area (Å²) in [5.41, 5.74) is 0.407. The first kappa shape index (κ1) is 15.4. The van der Waals surface area contributed by atoms with Crippen molar-refractivity contribution in [3.8, 4) is 0 Å². The first-order chi connectivity index (χ1) is 10.5. The van der Waals surface area contributed by atoms with Crippen molar-refractivity contribution in [2.24, 2.45) is 5.41 Å². The predicted molar refractivity (Wildman–Crippen MR) is 85.5 cm³/mol. The number of rotatable bonds is 3. The summed E-state index contributed by atoms with van der Waals surface area (Å²) in [5.74, 6) is 1.03. The van der Waals surface area contributed by atoms with Crippen LogP contribution < -0.4 is 0 Å². The molecule has 1 aromatic rings. The molecule has 0 unspecified atom stereocenters. The summed E-state index contributed by atoms with van der Waals surface area (Å²) in [6, 6.07) is 4.76. The van der Waals surface area contributed by atoms with Crippen LogP contribution in [0.3, 0.4) is 0 Å². The third-order valence-corrected chi connectivity index (χ3v) is 5.55. The van der Waals surface area contributed by atoms with Crippen LogP contribution in [0.25, 0.3) is 0 Å². The molecule has 122 valence electrons. The van der Waals surface area contributed by atoms with E-state index in [0.717, 1.165) is 38.2 Å². The van der Waals surface area contributed by atoms with Crippen LogP contribution in [-0.4, -0.2) is 61.0 Å². The Balaban J connectivity index is 1.57. The molecule has 5 nitrogen and oxygen atoms in total. The Morgan fingerprint density at radius 3 is 2.55 bits per heavy atom. The Morgan fingerprint density at radius 1 is 1.32 bits per heavy atom. The molecule has 2 amide bonds. The fraction of sp³-hybridized carbons (Fsp3) is 0.706. The Bertz CT molecular complexity index is 504. The maximum absolute atomic E-state index is 12.1. The molecule has 3 rings (SSSR count). The Labute approximate surface area is 132 Å². The summed E-state index contributed by atoms with van der Waals surface area (Å²) in [7, 11) is 5.86. The monoisotopic (exact) mass is 305 g/mol. The van der Waals surface area contributed by atoms with Crippen molar-refractivity contribution >= 4 is 6.03 Å². The number of carbonyl (C=O) groups is 1. The molecule has 1 saturated heterocycles. The lowest BCUT2D eigenvalue weighted by molar-refractivity contribution is -0.0583. The van der Waals surface area contributed by atoms with Gasteiger partial charge in [0.15, 0.2) is 0 Å². The van der Waals surface area contributed by atoms with Gasteiger partial charge >= 0.3 is 6.03 Å². The van der Waals surface area contributed by atoms with E-state index in [2.05, 4.69) is 11.9 Å². The summed E-state index contributed by atoms with van der Waals surface area (Å²) < 4.78 is 5.47. The molecule has 1 aliphatic heterocycles. The molecule has 5 heteroatoms. The van der Waals surface area contributed by atoms with Gasteiger partial charge in [0, 0.05) is 33.2 Å². The predicted octanol–water partition coefficient (Wildman–Crippen LogP) is 2.64. The summed E-state index contributed by atoms with van der Waals surface area (Å²) in [5, 5.41) is 0. The van der Waals surface area contributed by atoms with Crippen LogP contribution in [0.4, 0.5) is 4.79 Å². The number of likely N-dealkylation sites (tertiary alicyclic amines) is 1. The highest BCUT2D eigenvalue weighted by atomic mass is 16.3. The number of furan rings is 1. The smallest absolute Gasteiger partial charge is 0.319 e. The van der Waals surface area contributed by atoms with Gasteiger partial charge < -0.3 is 14.2 Å².